The summed E-state index contributed by atoms with van der Waals surface area (Å²) in [5.74, 6) is -0.00996. The summed E-state index contributed by atoms with van der Waals surface area (Å²) in [5.41, 5.74) is 2.12. The predicted molar refractivity (Wildman–Crippen MR) is 89.0 cm³/mol. The molecule has 0 aliphatic carbocycles. The number of anilines is 1. The van der Waals surface area contributed by atoms with Crippen LogP contribution in [-0.4, -0.2) is 62.5 Å². The van der Waals surface area contributed by atoms with E-state index < -0.39 is 0 Å². The summed E-state index contributed by atoms with van der Waals surface area (Å²) in [6, 6.07) is 8.11. The van der Waals surface area contributed by atoms with Crippen molar-refractivity contribution in [3.63, 3.8) is 0 Å². The number of amides is 1. The van der Waals surface area contributed by atoms with Crippen molar-refractivity contribution in [2.24, 2.45) is 0 Å². The number of carbonyl (C=O) groups is 1. The smallest absolute Gasteiger partial charge is 0.238 e. The molecule has 1 fully saturated rings. The van der Waals surface area contributed by atoms with Crippen LogP contribution < -0.4 is 10.6 Å². The van der Waals surface area contributed by atoms with Crippen LogP contribution in [0.2, 0.25) is 0 Å². The second-order valence-electron chi connectivity index (χ2n) is 5.36. The van der Waals surface area contributed by atoms with Crippen LogP contribution in [0.4, 0.5) is 5.69 Å². The molecule has 0 spiro atoms. The molecule has 1 heterocycles. The van der Waals surface area contributed by atoms with Crippen molar-refractivity contribution in [2.45, 2.75) is 6.54 Å². The van der Waals surface area contributed by atoms with Crippen molar-refractivity contribution in [2.75, 3.05) is 52.1 Å². The minimum Gasteiger partial charge on any atom is -0.325 e. The van der Waals surface area contributed by atoms with Crippen molar-refractivity contribution in [1.29, 1.82) is 0 Å². The van der Waals surface area contributed by atoms with Crippen molar-refractivity contribution in [3.05, 3.63) is 29.8 Å². The molecule has 1 aromatic carbocycles. The van der Waals surface area contributed by atoms with Crippen molar-refractivity contribution in [3.8, 4) is 0 Å². The molecule has 0 atom stereocenters. The molecule has 2 rings (SSSR count). The van der Waals surface area contributed by atoms with E-state index in [9.17, 15) is 4.79 Å². The van der Waals surface area contributed by atoms with Crippen LogP contribution in [0.3, 0.4) is 0 Å². The number of rotatable bonds is 5. The first-order chi connectivity index (χ1) is 9.67. The molecule has 0 saturated carbocycles. The fraction of sp³-hybridized carbons (Fsp3) is 0.533. The van der Waals surface area contributed by atoms with E-state index in [4.69, 9.17) is 0 Å². The van der Waals surface area contributed by atoms with Gasteiger partial charge >= 0.3 is 0 Å². The molecule has 1 aliphatic heterocycles. The van der Waals surface area contributed by atoms with Crippen LogP contribution in [0.25, 0.3) is 0 Å². The zero-order valence-corrected chi connectivity index (χ0v) is 13.6. The summed E-state index contributed by atoms with van der Waals surface area (Å²) in [5, 5.41) is 5.75. The van der Waals surface area contributed by atoms with Gasteiger partial charge in [-0.2, -0.15) is 0 Å². The van der Waals surface area contributed by atoms with Crippen LogP contribution >= 0.6 is 12.4 Å². The zero-order valence-electron chi connectivity index (χ0n) is 12.8. The highest BCUT2D eigenvalue weighted by atomic mass is 35.5. The Morgan fingerprint density at radius 1 is 1.24 bits per heavy atom. The third-order valence-corrected chi connectivity index (χ3v) is 3.55. The molecular weight excluding hydrogens is 288 g/mol. The molecule has 5 nitrogen and oxygen atoms in total. The highest BCUT2D eigenvalue weighted by Gasteiger charge is 2.13. The average Bonchev–Trinajstić information content (AvgIpc) is 2.42. The van der Waals surface area contributed by atoms with E-state index >= 15 is 0 Å². The van der Waals surface area contributed by atoms with Crippen molar-refractivity contribution in [1.82, 2.24) is 15.1 Å². The molecule has 2 N–H and O–H groups in total. The van der Waals surface area contributed by atoms with Crippen LogP contribution in [0.15, 0.2) is 24.3 Å². The highest BCUT2D eigenvalue weighted by molar-refractivity contribution is 5.92. The fourth-order valence-corrected chi connectivity index (χ4v) is 2.38. The first-order valence-electron chi connectivity index (χ1n) is 7.11. The molecule has 21 heavy (non-hydrogen) atoms. The number of nitrogens with zero attached hydrogens (tertiary/aromatic N) is 2. The Balaban J connectivity index is 0.00000220. The van der Waals surface area contributed by atoms with Gasteiger partial charge in [0.05, 0.1) is 6.54 Å². The number of likely N-dealkylation sites (N-methyl/N-ethyl adjacent to an activating group) is 2. The standard InChI is InChI=1S/C15H24N4O.ClH/c1-16-11-15(20)17-14-5-3-4-13(10-14)12-19-8-6-18(2)7-9-19;/h3-5,10,16H,6-9,11-12H2,1-2H3,(H,17,20);1H. The van der Waals surface area contributed by atoms with E-state index in [0.29, 0.717) is 6.54 Å². The number of benzene rings is 1. The Morgan fingerprint density at radius 3 is 2.62 bits per heavy atom. The molecule has 1 aliphatic rings. The molecule has 1 saturated heterocycles. The van der Waals surface area contributed by atoms with Gasteiger partial charge in [0.25, 0.3) is 0 Å². The van der Waals surface area contributed by atoms with E-state index in [-0.39, 0.29) is 18.3 Å². The van der Waals surface area contributed by atoms with Gasteiger partial charge in [-0.15, -0.1) is 12.4 Å². The van der Waals surface area contributed by atoms with Crippen LogP contribution in [0, 0.1) is 0 Å². The Hall–Kier alpha value is -1.14. The van der Waals surface area contributed by atoms with E-state index in [1.54, 1.807) is 7.05 Å². The molecule has 0 aromatic heterocycles. The fourth-order valence-electron chi connectivity index (χ4n) is 2.38. The van der Waals surface area contributed by atoms with Crippen LogP contribution in [0.5, 0.6) is 0 Å². The lowest BCUT2D eigenvalue weighted by Crippen LogP contribution is -2.43. The van der Waals surface area contributed by atoms with Crippen molar-refractivity contribution < 1.29 is 4.79 Å². The Kier molecular flexibility index (Phi) is 7.67. The quantitative estimate of drug-likeness (QED) is 0.852. The van der Waals surface area contributed by atoms with Gasteiger partial charge in [-0.3, -0.25) is 9.69 Å². The number of hydrogen-bond donors (Lipinski definition) is 2. The second-order valence-corrected chi connectivity index (χ2v) is 5.36. The lowest BCUT2D eigenvalue weighted by atomic mass is 10.1. The maximum atomic E-state index is 11.6. The SMILES string of the molecule is CNCC(=O)Nc1cccc(CN2CCN(C)CC2)c1.Cl. The minimum absolute atomic E-state index is 0. The molecule has 0 bridgehead atoms. The number of piperazine rings is 1. The lowest BCUT2D eigenvalue weighted by Gasteiger charge is -2.32. The van der Waals surface area contributed by atoms with Gasteiger partial charge in [0.1, 0.15) is 0 Å². The van der Waals surface area contributed by atoms with Gasteiger partial charge in [0.2, 0.25) is 5.91 Å². The van der Waals surface area contributed by atoms with E-state index in [1.165, 1.54) is 5.56 Å². The Morgan fingerprint density at radius 2 is 1.95 bits per heavy atom. The number of hydrogen-bond acceptors (Lipinski definition) is 4. The normalized spacial score (nSPS) is 16.3. The van der Waals surface area contributed by atoms with Gasteiger partial charge in [0.15, 0.2) is 0 Å². The van der Waals surface area contributed by atoms with Gasteiger partial charge in [-0.1, -0.05) is 12.1 Å². The maximum absolute atomic E-state index is 11.6. The summed E-state index contributed by atoms with van der Waals surface area (Å²) >= 11 is 0. The van der Waals surface area contributed by atoms with E-state index in [1.807, 2.05) is 12.1 Å². The summed E-state index contributed by atoms with van der Waals surface area (Å²) < 4.78 is 0. The number of halogens is 1. The van der Waals surface area contributed by atoms with Gasteiger partial charge in [0, 0.05) is 38.4 Å². The summed E-state index contributed by atoms with van der Waals surface area (Å²) in [7, 11) is 3.93. The highest BCUT2D eigenvalue weighted by Crippen LogP contribution is 2.13. The predicted octanol–water partition coefficient (Wildman–Crippen LogP) is 1.01. The summed E-state index contributed by atoms with van der Waals surface area (Å²) in [6.45, 7) is 5.74. The van der Waals surface area contributed by atoms with Gasteiger partial charge < -0.3 is 15.5 Å². The monoisotopic (exact) mass is 312 g/mol. The van der Waals surface area contributed by atoms with Crippen molar-refractivity contribution >= 4 is 24.0 Å². The van der Waals surface area contributed by atoms with Crippen LogP contribution in [-0.2, 0) is 11.3 Å². The minimum atomic E-state index is -0.00996. The maximum Gasteiger partial charge on any atom is 0.238 e. The van der Waals surface area contributed by atoms with Gasteiger partial charge in [-0.25, -0.2) is 0 Å². The average molecular weight is 313 g/mol. The van der Waals surface area contributed by atoms with Crippen LogP contribution in [0.1, 0.15) is 5.56 Å². The van der Waals surface area contributed by atoms with Gasteiger partial charge in [-0.05, 0) is 31.8 Å². The number of carbonyl (C=O) groups excluding carboxylic acids is 1. The molecule has 118 valence electrons. The molecular formula is C15H25ClN4O. The van der Waals surface area contributed by atoms with E-state index in [0.717, 1.165) is 38.4 Å². The molecule has 1 amide bonds. The molecule has 0 radical (unpaired) electrons. The summed E-state index contributed by atoms with van der Waals surface area (Å²) in [4.78, 5) is 16.4. The molecule has 6 heteroatoms. The first kappa shape index (κ1) is 17.9. The zero-order chi connectivity index (χ0) is 14.4. The Labute approximate surface area is 133 Å². The lowest BCUT2D eigenvalue weighted by molar-refractivity contribution is -0.115. The second kappa shape index (κ2) is 9.00. The Bertz CT molecular complexity index is 447. The van der Waals surface area contributed by atoms with E-state index in [2.05, 4.69) is 39.6 Å². The topological polar surface area (TPSA) is 47.6 Å². The summed E-state index contributed by atoms with van der Waals surface area (Å²) in [6.07, 6.45) is 0. The molecule has 0 unspecified atom stereocenters. The molecule has 1 aromatic rings. The first-order valence-corrected chi connectivity index (χ1v) is 7.11. The third kappa shape index (κ3) is 6.01. The largest absolute Gasteiger partial charge is 0.325 e. The third-order valence-electron chi connectivity index (χ3n) is 3.55. The number of nitrogens with one attached hydrogen (secondary N) is 2.